The average molecular weight is 280 g/mol. The van der Waals surface area contributed by atoms with Crippen molar-refractivity contribution in [2.24, 2.45) is 0 Å². The summed E-state index contributed by atoms with van der Waals surface area (Å²) in [4.78, 5) is 12.6. The fourth-order valence-electron chi connectivity index (χ4n) is 2.49. The maximum Gasteiger partial charge on any atom is 0.369 e. The third-order valence-electron chi connectivity index (χ3n) is 3.47. The predicted molar refractivity (Wildman–Crippen MR) is 80.2 cm³/mol. The van der Waals surface area contributed by atoms with Gasteiger partial charge < -0.3 is 0 Å². The SMILES string of the molecule is CCc1c(C)nn(C(=O)n2cccn2)c1-c1ccccc1. The molecule has 5 nitrogen and oxygen atoms in total. The maximum atomic E-state index is 12.6. The highest BCUT2D eigenvalue weighted by atomic mass is 16.2. The minimum absolute atomic E-state index is 0.276. The first-order chi connectivity index (χ1) is 10.2. The fraction of sp³-hybridized carbons (Fsp3) is 0.188. The van der Waals surface area contributed by atoms with Gasteiger partial charge in [-0.3, -0.25) is 0 Å². The Bertz CT molecular complexity index is 757. The standard InChI is InChI=1S/C16H16N4O/c1-3-14-12(2)18-20(16(21)19-11-7-10-17-19)15(14)13-8-5-4-6-9-13/h4-11H,3H2,1-2H3. The lowest BCUT2D eigenvalue weighted by Crippen LogP contribution is -2.22. The lowest BCUT2D eigenvalue weighted by molar-refractivity contribution is 0.238. The number of hydrogen-bond donors (Lipinski definition) is 0. The second-order valence-electron chi connectivity index (χ2n) is 4.78. The van der Waals surface area contributed by atoms with Gasteiger partial charge in [0, 0.05) is 23.5 Å². The fourth-order valence-corrected chi connectivity index (χ4v) is 2.49. The number of rotatable bonds is 2. The predicted octanol–water partition coefficient (Wildman–Crippen LogP) is 3.13. The van der Waals surface area contributed by atoms with Gasteiger partial charge in [0.25, 0.3) is 0 Å². The molecule has 106 valence electrons. The van der Waals surface area contributed by atoms with E-state index in [9.17, 15) is 4.79 Å². The third kappa shape index (κ3) is 2.27. The van der Waals surface area contributed by atoms with Crippen LogP contribution in [0.15, 0.2) is 48.8 Å². The van der Waals surface area contributed by atoms with Crippen molar-refractivity contribution in [3.8, 4) is 11.3 Å². The van der Waals surface area contributed by atoms with Crippen LogP contribution in [0.3, 0.4) is 0 Å². The topological polar surface area (TPSA) is 52.7 Å². The molecule has 0 aliphatic rings. The summed E-state index contributed by atoms with van der Waals surface area (Å²) < 4.78 is 2.73. The van der Waals surface area contributed by atoms with Crippen molar-refractivity contribution in [1.29, 1.82) is 0 Å². The number of carbonyl (C=O) groups excluding carboxylic acids is 1. The Labute approximate surface area is 122 Å². The Hall–Kier alpha value is -2.69. The van der Waals surface area contributed by atoms with E-state index >= 15 is 0 Å². The Morgan fingerprint density at radius 2 is 1.95 bits per heavy atom. The molecule has 0 atom stereocenters. The average Bonchev–Trinajstić information content (AvgIpc) is 3.14. The van der Waals surface area contributed by atoms with Gasteiger partial charge in [0.15, 0.2) is 0 Å². The Morgan fingerprint density at radius 1 is 1.19 bits per heavy atom. The molecule has 3 rings (SSSR count). The highest BCUT2D eigenvalue weighted by molar-refractivity contribution is 5.84. The summed E-state index contributed by atoms with van der Waals surface area (Å²) in [6.45, 7) is 4.00. The molecule has 5 heteroatoms. The zero-order valence-corrected chi connectivity index (χ0v) is 12.0. The first-order valence-corrected chi connectivity index (χ1v) is 6.90. The molecule has 0 spiro atoms. The van der Waals surface area contributed by atoms with Gasteiger partial charge in [-0.1, -0.05) is 37.3 Å². The second kappa shape index (κ2) is 5.36. The summed E-state index contributed by atoms with van der Waals surface area (Å²) >= 11 is 0. The first-order valence-electron chi connectivity index (χ1n) is 6.90. The monoisotopic (exact) mass is 280 g/mol. The van der Waals surface area contributed by atoms with Crippen LogP contribution in [0.4, 0.5) is 4.79 Å². The smallest absolute Gasteiger partial charge is 0.244 e. The molecule has 3 aromatic rings. The molecule has 2 aromatic heterocycles. The van der Waals surface area contributed by atoms with E-state index in [1.165, 1.54) is 9.36 Å². The van der Waals surface area contributed by atoms with Gasteiger partial charge in [-0.2, -0.15) is 19.6 Å². The second-order valence-corrected chi connectivity index (χ2v) is 4.78. The molecule has 0 aliphatic heterocycles. The molecule has 0 amide bonds. The summed E-state index contributed by atoms with van der Waals surface area (Å²) in [5.41, 5.74) is 3.78. The van der Waals surface area contributed by atoms with E-state index in [0.29, 0.717) is 0 Å². The summed E-state index contributed by atoms with van der Waals surface area (Å²) in [6.07, 6.45) is 4.03. The van der Waals surface area contributed by atoms with Crippen LogP contribution < -0.4 is 0 Å². The minimum Gasteiger partial charge on any atom is -0.244 e. The zero-order chi connectivity index (χ0) is 14.8. The number of nitrogens with zero attached hydrogens (tertiary/aromatic N) is 4. The van der Waals surface area contributed by atoms with Crippen molar-refractivity contribution >= 4 is 6.03 Å². The number of aromatic nitrogens is 4. The van der Waals surface area contributed by atoms with Crippen LogP contribution in [-0.4, -0.2) is 25.6 Å². The summed E-state index contributed by atoms with van der Waals surface area (Å²) in [5.74, 6) is 0. The van der Waals surface area contributed by atoms with Gasteiger partial charge in [0.2, 0.25) is 0 Å². The number of hydrogen-bond acceptors (Lipinski definition) is 3. The molecular formula is C16H16N4O. The van der Waals surface area contributed by atoms with E-state index in [2.05, 4.69) is 17.1 Å². The van der Waals surface area contributed by atoms with Gasteiger partial charge in [-0.05, 0) is 19.4 Å². The Balaban J connectivity index is 2.20. The van der Waals surface area contributed by atoms with Crippen molar-refractivity contribution in [2.75, 3.05) is 0 Å². The molecule has 2 heterocycles. The Morgan fingerprint density at radius 3 is 2.57 bits per heavy atom. The van der Waals surface area contributed by atoms with Crippen LogP contribution >= 0.6 is 0 Å². The molecule has 0 unspecified atom stereocenters. The molecule has 0 fully saturated rings. The quantitative estimate of drug-likeness (QED) is 0.724. The van der Waals surface area contributed by atoms with Gasteiger partial charge in [0.1, 0.15) is 0 Å². The molecule has 1 aromatic carbocycles. The van der Waals surface area contributed by atoms with E-state index in [-0.39, 0.29) is 6.03 Å². The van der Waals surface area contributed by atoms with Crippen LogP contribution in [0.1, 0.15) is 18.2 Å². The maximum absolute atomic E-state index is 12.6. The third-order valence-corrected chi connectivity index (χ3v) is 3.47. The van der Waals surface area contributed by atoms with E-state index in [1.54, 1.807) is 18.5 Å². The van der Waals surface area contributed by atoms with Crippen molar-refractivity contribution in [2.45, 2.75) is 20.3 Å². The van der Waals surface area contributed by atoms with Crippen LogP contribution in [-0.2, 0) is 6.42 Å². The molecular weight excluding hydrogens is 264 g/mol. The molecule has 0 saturated carbocycles. The van der Waals surface area contributed by atoms with E-state index in [4.69, 9.17) is 0 Å². The molecule has 21 heavy (non-hydrogen) atoms. The van der Waals surface area contributed by atoms with E-state index < -0.39 is 0 Å². The van der Waals surface area contributed by atoms with Crippen LogP contribution in [0.5, 0.6) is 0 Å². The van der Waals surface area contributed by atoms with Gasteiger partial charge >= 0.3 is 6.03 Å². The largest absolute Gasteiger partial charge is 0.369 e. The van der Waals surface area contributed by atoms with E-state index in [0.717, 1.165) is 28.9 Å². The van der Waals surface area contributed by atoms with Crippen molar-refractivity contribution in [3.63, 3.8) is 0 Å². The lowest BCUT2D eigenvalue weighted by atomic mass is 10.0. The normalized spacial score (nSPS) is 10.8. The van der Waals surface area contributed by atoms with Crippen molar-refractivity contribution in [3.05, 3.63) is 60.0 Å². The highest BCUT2D eigenvalue weighted by Gasteiger charge is 2.21. The van der Waals surface area contributed by atoms with Gasteiger partial charge in [-0.15, -0.1) is 0 Å². The molecule has 0 bridgehead atoms. The molecule has 0 N–H and O–H groups in total. The Kier molecular flexibility index (Phi) is 3.39. The number of benzene rings is 1. The van der Waals surface area contributed by atoms with Gasteiger partial charge in [0.05, 0.1) is 11.4 Å². The van der Waals surface area contributed by atoms with Crippen LogP contribution in [0.25, 0.3) is 11.3 Å². The molecule has 0 saturated heterocycles. The summed E-state index contributed by atoms with van der Waals surface area (Å²) in [7, 11) is 0. The van der Waals surface area contributed by atoms with Crippen molar-refractivity contribution in [1.82, 2.24) is 19.6 Å². The number of aryl methyl sites for hydroxylation is 1. The van der Waals surface area contributed by atoms with E-state index in [1.807, 2.05) is 37.3 Å². The first kappa shape index (κ1) is 13.3. The molecule has 0 aliphatic carbocycles. The van der Waals surface area contributed by atoms with Gasteiger partial charge in [-0.25, -0.2) is 4.79 Å². The lowest BCUT2D eigenvalue weighted by Gasteiger charge is -2.08. The number of carbonyl (C=O) groups is 1. The van der Waals surface area contributed by atoms with Crippen LogP contribution in [0.2, 0.25) is 0 Å². The van der Waals surface area contributed by atoms with Crippen molar-refractivity contribution < 1.29 is 4.79 Å². The highest BCUT2D eigenvalue weighted by Crippen LogP contribution is 2.26. The zero-order valence-electron chi connectivity index (χ0n) is 12.0. The molecule has 0 radical (unpaired) electrons. The van der Waals surface area contributed by atoms with Crippen LogP contribution in [0, 0.1) is 6.92 Å². The summed E-state index contributed by atoms with van der Waals surface area (Å²) in [6, 6.07) is 11.3. The minimum atomic E-state index is -0.276. The summed E-state index contributed by atoms with van der Waals surface area (Å²) in [5, 5.41) is 8.42.